The first-order chi connectivity index (χ1) is 18.0. The van der Waals surface area contributed by atoms with E-state index in [9.17, 15) is 4.39 Å². The van der Waals surface area contributed by atoms with Crippen LogP contribution in [0, 0.1) is 0 Å². The number of rotatable bonds is 13. The Labute approximate surface area is 220 Å². The molecular weight excluding hydrogens is 461 g/mol. The highest BCUT2D eigenvalue weighted by molar-refractivity contribution is 5.59. The maximum Gasteiger partial charge on any atom is 0.118 e. The van der Waals surface area contributed by atoms with Crippen molar-refractivity contribution in [3.8, 4) is 0 Å². The first-order valence-electron chi connectivity index (χ1n) is 13.3. The second-order valence-corrected chi connectivity index (χ2v) is 9.26. The summed E-state index contributed by atoms with van der Waals surface area (Å²) >= 11 is 0. The fourth-order valence-electron chi connectivity index (χ4n) is 4.38. The summed E-state index contributed by atoms with van der Waals surface area (Å²) < 4.78 is 13.5. The number of likely N-dealkylation sites (tertiary alicyclic amines) is 1. The van der Waals surface area contributed by atoms with Crippen molar-refractivity contribution >= 4 is 24.3 Å². The third-order valence-electron chi connectivity index (χ3n) is 6.50. The highest BCUT2D eigenvalue weighted by Crippen LogP contribution is 2.23. The average Bonchev–Trinajstić information content (AvgIpc) is 3.28. The van der Waals surface area contributed by atoms with Gasteiger partial charge in [-0.3, -0.25) is 4.90 Å². The highest BCUT2D eigenvalue weighted by Gasteiger charge is 2.29. The van der Waals surface area contributed by atoms with Crippen molar-refractivity contribution in [2.75, 3.05) is 19.6 Å². The lowest BCUT2D eigenvalue weighted by Gasteiger charge is -2.37. The van der Waals surface area contributed by atoms with Gasteiger partial charge in [-0.05, 0) is 51.0 Å². The van der Waals surface area contributed by atoms with E-state index in [0.717, 1.165) is 84.6 Å². The molecule has 0 bridgehead atoms. The first-order valence-corrected chi connectivity index (χ1v) is 13.3. The van der Waals surface area contributed by atoms with E-state index in [2.05, 4.69) is 36.0 Å². The smallest absolute Gasteiger partial charge is 0.118 e. The number of aromatic nitrogens is 4. The monoisotopic (exact) mass is 501 g/mol. The molecule has 0 amide bonds. The van der Waals surface area contributed by atoms with Crippen LogP contribution < -0.4 is 10.7 Å². The molecule has 1 N–H and O–H groups in total. The van der Waals surface area contributed by atoms with Gasteiger partial charge in [0.05, 0.1) is 33.5 Å². The molecule has 0 unspecified atom stereocenters. The minimum absolute atomic E-state index is 0.246. The fraction of sp³-hybridized carbons (Fsp3) is 0.387. The van der Waals surface area contributed by atoms with Crippen LogP contribution in [0.4, 0.5) is 4.39 Å². The van der Waals surface area contributed by atoms with Crippen molar-refractivity contribution in [2.45, 2.75) is 58.8 Å². The molecule has 0 radical (unpaired) electrons. The Balaban J connectivity index is 1.68. The van der Waals surface area contributed by atoms with Crippen molar-refractivity contribution < 1.29 is 4.39 Å². The summed E-state index contributed by atoms with van der Waals surface area (Å²) in [6.07, 6.45) is 21.2. The molecule has 196 valence electrons. The molecule has 2 aromatic heterocycles. The molecule has 1 saturated heterocycles. The van der Waals surface area contributed by atoms with E-state index in [-0.39, 0.29) is 5.83 Å². The van der Waals surface area contributed by atoms with E-state index in [1.807, 2.05) is 31.2 Å². The molecule has 0 saturated carbocycles. The summed E-state index contributed by atoms with van der Waals surface area (Å²) in [5.41, 5.74) is 3.48. The molecular formula is C31H40FN5. The molecule has 1 aliphatic heterocycles. The summed E-state index contributed by atoms with van der Waals surface area (Å²) in [5.74, 6) is 1.20. The van der Waals surface area contributed by atoms with Gasteiger partial charge >= 0.3 is 0 Å². The first kappa shape index (κ1) is 28.2. The van der Waals surface area contributed by atoms with Gasteiger partial charge in [0.25, 0.3) is 0 Å². The maximum absolute atomic E-state index is 13.5. The van der Waals surface area contributed by atoms with E-state index in [1.54, 1.807) is 19.1 Å². The predicted molar refractivity (Wildman–Crippen MR) is 154 cm³/mol. The maximum atomic E-state index is 13.5. The molecule has 0 aliphatic carbocycles. The molecule has 0 aromatic carbocycles. The van der Waals surface area contributed by atoms with Crippen LogP contribution in [0.25, 0.3) is 24.3 Å². The largest absolute Gasteiger partial charge is 0.342 e. The third kappa shape index (κ3) is 7.80. The Bertz CT molecular complexity index is 1280. The van der Waals surface area contributed by atoms with Gasteiger partial charge in [0, 0.05) is 32.0 Å². The van der Waals surface area contributed by atoms with Gasteiger partial charge < -0.3 is 4.98 Å². The van der Waals surface area contributed by atoms with Crippen LogP contribution >= 0.6 is 0 Å². The Morgan fingerprint density at radius 2 is 1.86 bits per heavy atom. The van der Waals surface area contributed by atoms with Crippen molar-refractivity contribution in [1.82, 2.24) is 24.8 Å². The summed E-state index contributed by atoms with van der Waals surface area (Å²) in [5, 5.41) is 1.99. The van der Waals surface area contributed by atoms with Crippen molar-refractivity contribution in [2.24, 2.45) is 0 Å². The van der Waals surface area contributed by atoms with Gasteiger partial charge in [-0.25, -0.2) is 19.3 Å². The average molecular weight is 502 g/mol. The fourth-order valence-corrected chi connectivity index (χ4v) is 4.38. The Morgan fingerprint density at radius 3 is 2.54 bits per heavy atom. The highest BCUT2D eigenvalue weighted by atomic mass is 19.1. The van der Waals surface area contributed by atoms with Crippen LogP contribution in [0.1, 0.15) is 74.6 Å². The van der Waals surface area contributed by atoms with E-state index in [0.29, 0.717) is 12.3 Å². The van der Waals surface area contributed by atoms with E-state index in [4.69, 9.17) is 15.0 Å². The topological polar surface area (TPSA) is 57.7 Å². The number of aryl methyl sites for hydroxylation is 1. The molecule has 3 rings (SSSR count). The number of imidazole rings is 1. The molecule has 0 atom stereocenters. The van der Waals surface area contributed by atoms with Crippen LogP contribution in [0.3, 0.4) is 0 Å². The van der Waals surface area contributed by atoms with Crippen LogP contribution in [0.15, 0.2) is 49.4 Å². The second kappa shape index (κ2) is 14.4. The van der Waals surface area contributed by atoms with Crippen molar-refractivity contribution in [3.05, 3.63) is 88.7 Å². The summed E-state index contributed by atoms with van der Waals surface area (Å²) in [6, 6.07) is 0. The summed E-state index contributed by atoms with van der Waals surface area (Å²) in [6.45, 7) is 16.4. The van der Waals surface area contributed by atoms with Crippen molar-refractivity contribution in [1.29, 1.82) is 0 Å². The Hall–Kier alpha value is -3.38. The molecule has 2 aromatic rings. The van der Waals surface area contributed by atoms with Crippen LogP contribution in [-0.2, 0) is 12.8 Å². The number of H-pyrrole nitrogens is 1. The van der Waals surface area contributed by atoms with Crippen LogP contribution in [-0.4, -0.2) is 44.5 Å². The Morgan fingerprint density at radius 1 is 1.08 bits per heavy atom. The normalized spacial score (nSPS) is 16.3. The van der Waals surface area contributed by atoms with Gasteiger partial charge in [0.1, 0.15) is 11.7 Å². The quantitative estimate of drug-likeness (QED) is 0.294. The van der Waals surface area contributed by atoms with Gasteiger partial charge in [-0.2, -0.15) is 0 Å². The van der Waals surface area contributed by atoms with Gasteiger partial charge in [0.2, 0.25) is 0 Å². The number of nitrogens with one attached hydrogen (secondary N) is 1. The number of hydrogen-bond acceptors (Lipinski definition) is 4. The molecule has 5 nitrogen and oxygen atoms in total. The molecule has 37 heavy (non-hydrogen) atoms. The molecule has 3 heterocycles. The zero-order valence-corrected chi connectivity index (χ0v) is 22.5. The zero-order valence-electron chi connectivity index (χ0n) is 22.5. The minimum Gasteiger partial charge on any atom is -0.342 e. The molecule has 1 fully saturated rings. The van der Waals surface area contributed by atoms with Crippen molar-refractivity contribution in [3.63, 3.8) is 0 Å². The number of unbranched alkanes of at least 4 members (excludes halogenated alkanes) is 2. The SMILES string of the molecule is C=C/C=c1/[nH]c(C2CN(C/C=C/c3nc(CCCCC)c(C/C=C\C(F)=C/C)nc3C=C)C2)n/c1=C/C. The summed E-state index contributed by atoms with van der Waals surface area (Å²) in [7, 11) is 0. The molecule has 0 spiro atoms. The lowest BCUT2D eigenvalue weighted by atomic mass is 9.99. The molecule has 1 aliphatic rings. The standard InChI is InChI=1S/C31H40FN5/c1-6-11-12-17-29-30(18-13-16-24(32)8-3)33-25(9-4)28(34-29)19-14-20-37-21-23(22-37)31-35-26(10-5)27(36-31)15-7-2/h7-10,13-16,19,23H,2,4,6,11-12,17-18,20-22H2,1,3,5H3,(H,35,36)/b16-13-,19-14+,24-8+,26-10+,27-15+. The lowest BCUT2D eigenvalue weighted by molar-refractivity contribution is 0.162. The Kier molecular flexibility index (Phi) is 11.0. The van der Waals surface area contributed by atoms with Gasteiger partial charge in [-0.15, -0.1) is 0 Å². The van der Waals surface area contributed by atoms with E-state index in [1.165, 1.54) is 12.2 Å². The van der Waals surface area contributed by atoms with Crippen LogP contribution in [0.5, 0.6) is 0 Å². The van der Waals surface area contributed by atoms with E-state index < -0.39 is 0 Å². The zero-order chi connectivity index (χ0) is 26.6. The summed E-state index contributed by atoms with van der Waals surface area (Å²) in [4.78, 5) is 20.4. The number of allylic oxidation sites excluding steroid dienone is 5. The van der Waals surface area contributed by atoms with Gasteiger partial charge in [-0.1, -0.05) is 63.3 Å². The van der Waals surface area contributed by atoms with Gasteiger partial charge in [0.15, 0.2) is 0 Å². The third-order valence-corrected chi connectivity index (χ3v) is 6.50. The number of hydrogen-bond donors (Lipinski definition) is 1. The second-order valence-electron chi connectivity index (χ2n) is 9.26. The lowest BCUT2D eigenvalue weighted by Crippen LogP contribution is -2.45. The number of aromatic amines is 1. The van der Waals surface area contributed by atoms with E-state index >= 15 is 0 Å². The minimum atomic E-state index is -0.246. The number of nitrogens with zero attached hydrogens (tertiary/aromatic N) is 4. The molecule has 6 heteroatoms. The number of halogens is 1. The van der Waals surface area contributed by atoms with Crippen LogP contribution in [0.2, 0.25) is 0 Å². The predicted octanol–water partition coefficient (Wildman–Crippen LogP) is 5.43.